The number of aliphatic hydroxyl groups excluding tert-OH is 1. The molecule has 606 valence electrons. The number of aliphatic hydroxyl groups is 1. The summed E-state index contributed by atoms with van der Waals surface area (Å²) in [6.45, 7) is 5.83. The van der Waals surface area contributed by atoms with Crippen molar-refractivity contribution in [2.24, 2.45) is 29.0 Å². The third-order valence-corrected chi connectivity index (χ3v) is 17.4. The summed E-state index contributed by atoms with van der Waals surface area (Å²) in [7, 11) is 3.25. The van der Waals surface area contributed by atoms with Gasteiger partial charge in [0.2, 0.25) is 88.6 Å². The first kappa shape index (κ1) is 93.4. The number of thioether (sulfide) groups is 2. The van der Waals surface area contributed by atoms with E-state index in [0.717, 1.165) is 11.8 Å². The molecule has 0 saturated carbocycles. The zero-order chi connectivity index (χ0) is 81.3. The normalized spacial score (nSPS) is 14.0. The van der Waals surface area contributed by atoms with Crippen molar-refractivity contribution in [1.82, 2.24) is 94.3 Å². The molecule has 3 aromatic rings. The van der Waals surface area contributed by atoms with Gasteiger partial charge in [0, 0.05) is 74.0 Å². The fourth-order valence-electron chi connectivity index (χ4n) is 10.1. The number of imidazole rings is 1. The molecule has 42 heteroatoms. The Bertz CT molecular complexity index is 3530. The number of nitrogens with zero attached hydrogens (tertiary/aromatic N) is 2. The number of imide groups is 1. The highest BCUT2D eigenvalue weighted by molar-refractivity contribution is 7.99. The van der Waals surface area contributed by atoms with Crippen LogP contribution in [-0.2, 0) is 99.0 Å². The molecule has 2 heterocycles. The molecule has 0 aliphatic rings. The molecule has 3 rings (SSSR count). The molecule has 16 amide bonds. The fourth-order valence-corrected chi connectivity index (χ4v) is 11.5. The Balaban J connectivity index is 1.63. The summed E-state index contributed by atoms with van der Waals surface area (Å²) < 4.78 is 10.8. The average Bonchev–Trinajstić information content (AvgIpc) is 1.72. The number of ether oxygens (including phenoxy) is 2. The number of hydrogen-bond acceptors (Lipinski definition) is 25. The highest BCUT2D eigenvalue weighted by Gasteiger charge is 2.36. The van der Waals surface area contributed by atoms with E-state index in [4.69, 9.17) is 26.7 Å². The maximum absolute atomic E-state index is 14.4. The number of para-hydroxylation sites is 1. The van der Waals surface area contributed by atoms with Crippen molar-refractivity contribution in [2.75, 3.05) is 103 Å². The molecule has 0 aliphatic heterocycles. The lowest BCUT2D eigenvalue weighted by molar-refractivity contribution is -0.135. The Morgan fingerprint density at radius 3 is 1.85 bits per heavy atom. The lowest BCUT2D eigenvalue weighted by Crippen LogP contribution is -2.61. The molecule has 0 radical (unpaired) electrons. The minimum Gasteiger partial charge on any atom is -0.394 e. The summed E-state index contributed by atoms with van der Waals surface area (Å²) in [4.78, 5) is 222. The largest absolute Gasteiger partial charge is 0.394 e. The van der Waals surface area contributed by atoms with Crippen molar-refractivity contribution in [3.63, 3.8) is 0 Å². The molecular formula is C67H107N21O19S2. The Hall–Kier alpha value is -9.85. The van der Waals surface area contributed by atoms with Crippen molar-refractivity contribution in [3.8, 4) is 0 Å². The van der Waals surface area contributed by atoms with E-state index in [-0.39, 0.29) is 88.5 Å². The molecule has 0 saturated heterocycles. The topological polar surface area (TPSA) is 606 Å². The Kier molecular flexibility index (Phi) is 42.8. The van der Waals surface area contributed by atoms with Crippen LogP contribution < -0.4 is 91.6 Å². The Morgan fingerprint density at radius 2 is 1.22 bits per heavy atom. The van der Waals surface area contributed by atoms with Gasteiger partial charge in [-0.1, -0.05) is 45.9 Å². The van der Waals surface area contributed by atoms with Crippen LogP contribution in [0.4, 0.5) is 0 Å². The zero-order valence-electron chi connectivity index (χ0n) is 62.6. The molecule has 23 N–H and O–H groups in total. The second-order valence-corrected chi connectivity index (χ2v) is 28.2. The second kappa shape index (κ2) is 50.0. The molecule has 40 nitrogen and oxygen atoms in total. The average molecular weight is 1570 g/mol. The van der Waals surface area contributed by atoms with Crippen molar-refractivity contribution in [1.29, 1.82) is 0 Å². The Labute approximate surface area is 639 Å². The number of carbonyl (C=O) groups is 16. The molecule has 1 aromatic carbocycles. The van der Waals surface area contributed by atoms with Gasteiger partial charge in [0.1, 0.15) is 61.0 Å². The zero-order valence-corrected chi connectivity index (χ0v) is 64.3. The predicted octanol–water partition coefficient (Wildman–Crippen LogP) is -7.53. The van der Waals surface area contributed by atoms with Crippen LogP contribution in [0, 0.1) is 11.8 Å². The number of benzene rings is 1. The van der Waals surface area contributed by atoms with Crippen molar-refractivity contribution < 1.29 is 91.3 Å². The number of aromatic amines is 2. The molecule has 10 atom stereocenters. The van der Waals surface area contributed by atoms with Crippen molar-refractivity contribution >= 4 is 129 Å². The van der Waals surface area contributed by atoms with Gasteiger partial charge in [0.15, 0.2) is 0 Å². The van der Waals surface area contributed by atoms with Crippen LogP contribution in [0.1, 0.15) is 78.5 Å². The molecule has 0 fully saturated rings. The van der Waals surface area contributed by atoms with Crippen LogP contribution in [0.25, 0.3) is 10.9 Å². The maximum Gasteiger partial charge on any atom is 0.252 e. The van der Waals surface area contributed by atoms with Gasteiger partial charge < -0.3 is 110 Å². The summed E-state index contributed by atoms with van der Waals surface area (Å²) in [5.74, 6) is -12.7. The van der Waals surface area contributed by atoms with Crippen LogP contribution in [0.5, 0.6) is 0 Å². The number of fused-ring (bicyclic) bond motifs is 1. The number of hydrogen-bond donors (Lipinski definition) is 20. The highest BCUT2D eigenvalue weighted by Crippen LogP contribution is 2.20. The summed E-state index contributed by atoms with van der Waals surface area (Å²) in [5, 5.41) is 45.7. The van der Waals surface area contributed by atoms with Crippen molar-refractivity contribution in [3.05, 3.63) is 54.2 Å². The van der Waals surface area contributed by atoms with Gasteiger partial charge in [0.05, 0.1) is 64.3 Å². The van der Waals surface area contributed by atoms with Gasteiger partial charge >= 0.3 is 0 Å². The van der Waals surface area contributed by atoms with Gasteiger partial charge in [0.25, 0.3) is 5.91 Å². The number of primary amides is 2. The molecule has 1 unspecified atom stereocenters. The van der Waals surface area contributed by atoms with Gasteiger partial charge in [-0.05, 0) is 75.8 Å². The molecule has 2 aromatic heterocycles. The number of nitrogens with two attached hydrogens (primary N) is 3. The minimum atomic E-state index is -1.48. The quantitative estimate of drug-likeness (QED) is 0.0184. The van der Waals surface area contributed by atoms with E-state index in [9.17, 15) is 81.8 Å². The van der Waals surface area contributed by atoms with E-state index in [2.05, 4.69) is 89.4 Å². The minimum absolute atomic E-state index is 0.0431. The van der Waals surface area contributed by atoms with Crippen LogP contribution >= 0.6 is 23.5 Å². The van der Waals surface area contributed by atoms with Crippen LogP contribution in [-0.4, -0.2) is 283 Å². The second-order valence-electron chi connectivity index (χ2n) is 26.1. The SMILES string of the molecule is CSCC[C@H](NC(=O)[C@H](CC(C)C)NC(=O)[C@H](Cc1cnc[nH]1)NC(=O)CNC(=O)[C@@H](NC(=O)[C@H](C)NC(=O)[C@H](Cc1c[nH]c2ccccc12)NC(=O)[C@H](CCC(N)=O)NC(CN)C(=O)NC(=O)COCCOCCNC(=O)CNC(=O)[C@H](CSCNC(C)=O)NC(=O)[C@H](CO)NC(=O)CN(C)C)C(C)C)C(N)=O. The third kappa shape index (κ3) is 36.3. The predicted molar refractivity (Wildman–Crippen MR) is 401 cm³/mol. The number of carbonyl (C=O) groups excluding carboxylic acids is 16. The van der Waals surface area contributed by atoms with Crippen LogP contribution in [0.2, 0.25) is 0 Å². The third-order valence-electron chi connectivity index (χ3n) is 15.8. The highest BCUT2D eigenvalue weighted by atomic mass is 32.2. The van der Waals surface area contributed by atoms with E-state index in [0.29, 0.717) is 27.9 Å². The standard InChI is InChI=1S/C67H107N21O19S2/c1-36(2)22-46(63(101)82-44(58(70)96)16-21-108-9)83-64(102)48(24-41-27-71-34-76-41)80-54(93)29-75-67(105)57(37(3)4)87-59(97)38(5)78-62(100)47(23-40-26-73-43-13-11-10-12-42(40)43)84-61(99)45(14-15-52(69)91)79-49(25-68)65(103)86-56(95)32-107-20-19-106-18-17-72-53(92)28-74-60(98)51(33-109-35-77-39(6)90)85-66(104)50(31-89)81-55(94)30-88(7)8/h10-13,26-27,34,36-38,44-51,57,73,79,89H,14-25,28-33,35,68H2,1-9H3,(H2,69,91)(H2,70,96)(H,71,76)(H,72,92)(H,74,98)(H,75,105)(H,77,90)(H,78,100)(H,80,93)(H,81,94)(H,82,101)(H,83,102)(H,84,99)(H,85,104)(H,87,97)(H,86,95,103)/t38-,44-,45-,46-,47-,48-,49?,50-,51-,57-/m0/s1. The van der Waals surface area contributed by atoms with E-state index in [1.165, 1.54) is 38.1 Å². The Morgan fingerprint density at radius 1 is 0.606 bits per heavy atom. The summed E-state index contributed by atoms with van der Waals surface area (Å²) in [6, 6.07) is -6.22. The number of likely N-dealkylation sites (N-methyl/N-ethyl adjacent to an activating group) is 1. The van der Waals surface area contributed by atoms with E-state index < -0.39 is 194 Å². The molecule has 0 bridgehead atoms. The van der Waals surface area contributed by atoms with Gasteiger partial charge in [-0.15, -0.1) is 11.8 Å². The first-order chi connectivity index (χ1) is 51.7. The summed E-state index contributed by atoms with van der Waals surface area (Å²) in [6.07, 6.45) is 5.53. The first-order valence-corrected chi connectivity index (χ1v) is 37.6. The van der Waals surface area contributed by atoms with Gasteiger partial charge in [-0.3, -0.25) is 87.3 Å². The number of aromatic nitrogens is 3. The molecule has 109 heavy (non-hydrogen) atoms. The monoisotopic (exact) mass is 1570 g/mol. The summed E-state index contributed by atoms with van der Waals surface area (Å²) in [5.41, 5.74) is 18.7. The van der Waals surface area contributed by atoms with E-state index in [1.807, 2.05) is 20.1 Å². The lowest BCUT2D eigenvalue weighted by atomic mass is 10.0. The molecule has 0 aliphatic carbocycles. The maximum atomic E-state index is 14.4. The van der Waals surface area contributed by atoms with E-state index >= 15 is 0 Å². The van der Waals surface area contributed by atoms with Crippen LogP contribution in [0.15, 0.2) is 43.0 Å². The van der Waals surface area contributed by atoms with Gasteiger partial charge in [-0.2, -0.15) is 11.8 Å². The number of H-pyrrole nitrogens is 2. The molecular weight excluding hydrogens is 1470 g/mol. The van der Waals surface area contributed by atoms with Crippen molar-refractivity contribution in [2.45, 2.75) is 140 Å². The number of amides is 16. The van der Waals surface area contributed by atoms with Gasteiger partial charge in [-0.25, -0.2) is 4.98 Å². The fraction of sp³-hybridized carbons (Fsp3) is 0.597. The number of nitrogens with one attached hydrogen (secondary N) is 16. The van der Waals surface area contributed by atoms with Crippen LogP contribution in [0.3, 0.4) is 0 Å². The lowest BCUT2D eigenvalue weighted by Gasteiger charge is -2.27. The van der Waals surface area contributed by atoms with E-state index in [1.54, 1.807) is 63.3 Å². The smallest absolute Gasteiger partial charge is 0.252 e. The summed E-state index contributed by atoms with van der Waals surface area (Å²) >= 11 is 2.53. The number of rotatable bonds is 53. The first-order valence-electron chi connectivity index (χ1n) is 35.0. The molecule has 0 spiro atoms.